The second-order valence-corrected chi connectivity index (χ2v) is 4.15. The van der Waals surface area contributed by atoms with Gasteiger partial charge in [0.05, 0.1) is 17.3 Å². The van der Waals surface area contributed by atoms with Crippen molar-refractivity contribution in [3.63, 3.8) is 0 Å². The molecule has 0 unspecified atom stereocenters. The first-order valence-corrected chi connectivity index (χ1v) is 5.93. The molecule has 0 bridgehead atoms. The van der Waals surface area contributed by atoms with Gasteiger partial charge >= 0.3 is 0 Å². The minimum absolute atomic E-state index is 0.152. The summed E-state index contributed by atoms with van der Waals surface area (Å²) in [4.78, 5) is 11.9. The number of ether oxygens (including phenoxy) is 1. The fraction of sp³-hybridized carbons (Fsp3) is 0.500. The first-order chi connectivity index (χ1) is 7.69. The predicted octanol–water partition coefficient (Wildman–Crippen LogP) is 1.14. The topological polar surface area (TPSA) is 76.4 Å². The number of thiophene rings is 1. The summed E-state index contributed by atoms with van der Waals surface area (Å²) in [7, 11) is 1.59. The molecule has 0 saturated heterocycles. The second kappa shape index (κ2) is 6.34. The standard InChI is InChI=1S/C10H17N3O2S/c1-3-15-5-4-13-8-6-7(11)9(16-8)10(14)12-2/h6,13H,3-5,11H2,1-2H3,(H,12,14). The zero-order valence-corrected chi connectivity index (χ0v) is 10.3. The number of rotatable bonds is 6. The van der Waals surface area contributed by atoms with E-state index < -0.39 is 0 Å². The van der Waals surface area contributed by atoms with Crippen LogP contribution in [0, 0.1) is 0 Å². The van der Waals surface area contributed by atoms with E-state index in [0.717, 1.165) is 5.00 Å². The van der Waals surface area contributed by atoms with Crippen molar-refractivity contribution in [3.05, 3.63) is 10.9 Å². The SMILES string of the molecule is CCOCCNc1cc(N)c(C(=O)NC)s1. The molecule has 1 aromatic heterocycles. The normalized spacial score (nSPS) is 10.1. The van der Waals surface area contributed by atoms with Gasteiger partial charge in [-0.1, -0.05) is 0 Å². The lowest BCUT2D eigenvalue weighted by Gasteiger charge is -2.02. The van der Waals surface area contributed by atoms with Crippen LogP contribution in [-0.2, 0) is 4.74 Å². The van der Waals surface area contributed by atoms with Crippen molar-refractivity contribution in [2.24, 2.45) is 0 Å². The first-order valence-electron chi connectivity index (χ1n) is 5.12. The monoisotopic (exact) mass is 243 g/mol. The van der Waals surface area contributed by atoms with Crippen molar-refractivity contribution < 1.29 is 9.53 Å². The Hall–Kier alpha value is -1.27. The van der Waals surface area contributed by atoms with Crippen LogP contribution in [0.25, 0.3) is 0 Å². The minimum Gasteiger partial charge on any atom is -0.397 e. The summed E-state index contributed by atoms with van der Waals surface area (Å²) in [5.41, 5.74) is 6.23. The van der Waals surface area contributed by atoms with Crippen LogP contribution in [-0.4, -0.2) is 32.7 Å². The molecule has 0 atom stereocenters. The number of hydrogen-bond donors (Lipinski definition) is 3. The van der Waals surface area contributed by atoms with E-state index in [4.69, 9.17) is 10.5 Å². The van der Waals surface area contributed by atoms with Gasteiger partial charge in [-0.05, 0) is 13.0 Å². The Labute approximate surface area is 99.0 Å². The molecule has 1 heterocycles. The molecular weight excluding hydrogens is 226 g/mol. The number of anilines is 2. The summed E-state index contributed by atoms with van der Waals surface area (Å²) >= 11 is 1.35. The maximum absolute atomic E-state index is 11.4. The summed E-state index contributed by atoms with van der Waals surface area (Å²) in [6.45, 7) is 4.01. The van der Waals surface area contributed by atoms with Gasteiger partial charge in [-0.15, -0.1) is 11.3 Å². The molecule has 4 N–H and O–H groups in total. The number of amides is 1. The molecule has 0 aliphatic rings. The van der Waals surface area contributed by atoms with E-state index in [2.05, 4.69) is 10.6 Å². The molecule has 1 aromatic rings. The van der Waals surface area contributed by atoms with Crippen LogP contribution >= 0.6 is 11.3 Å². The number of hydrogen-bond acceptors (Lipinski definition) is 5. The van der Waals surface area contributed by atoms with Gasteiger partial charge in [0, 0.05) is 20.2 Å². The molecule has 0 aromatic carbocycles. The van der Waals surface area contributed by atoms with Gasteiger partial charge < -0.3 is 21.1 Å². The molecule has 0 saturated carbocycles. The largest absolute Gasteiger partial charge is 0.397 e. The van der Waals surface area contributed by atoms with Gasteiger partial charge in [0.1, 0.15) is 4.88 Å². The summed E-state index contributed by atoms with van der Waals surface area (Å²) in [6.07, 6.45) is 0. The molecular formula is C10H17N3O2S. The number of nitrogens with two attached hydrogens (primary N) is 1. The van der Waals surface area contributed by atoms with E-state index >= 15 is 0 Å². The first kappa shape index (κ1) is 12.8. The van der Waals surface area contributed by atoms with Gasteiger partial charge in [-0.2, -0.15) is 0 Å². The van der Waals surface area contributed by atoms with E-state index in [9.17, 15) is 4.79 Å². The number of nitrogen functional groups attached to an aromatic ring is 1. The Morgan fingerprint density at radius 2 is 2.38 bits per heavy atom. The summed E-state index contributed by atoms with van der Waals surface area (Å²) in [6, 6.07) is 1.77. The average Bonchev–Trinajstić information content (AvgIpc) is 2.65. The van der Waals surface area contributed by atoms with Crippen molar-refractivity contribution in [2.75, 3.05) is 37.9 Å². The molecule has 0 aliphatic heterocycles. The van der Waals surface area contributed by atoms with Crippen LogP contribution in [0.3, 0.4) is 0 Å². The van der Waals surface area contributed by atoms with Crippen molar-refractivity contribution >= 4 is 27.9 Å². The fourth-order valence-electron chi connectivity index (χ4n) is 1.17. The molecule has 0 fully saturated rings. The van der Waals surface area contributed by atoms with Crippen LogP contribution in [0.2, 0.25) is 0 Å². The maximum atomic E-state index is 11.4. The molecule has 5 nitrogen and oxygen atoms in total. The van der Waals surface area contributed by atoms with Crippen molar-refractivity contribution in [3.8, 4) is 0 Å². The lowest BCUT2D eigenvalue weighted by molar-refractivity contribution is 0.0968. The van der Waals surface area contributed by atoms with Gasteiger partial charge in [0.15, 0.2) is 0 Å². The Kier molecular flexibility index (Phi) is 5.07. The Morgan fingerprint density at radius 1 is 1.62 bits per heavy atom. The predicted molar refractivity (Wildman–Crippen MR) is 67.1 cm³/mol. The third kappa shape index (κ3) is 3.39. The van der Waals surface area contributed by atoms with E-state index in [1.54, 1.807) is 13.1 Å². The highest BCUT2D eigenvalue weighted by Gasteiger charge is 2.12. The maximum Gasteiger partial charge on any atom is 0.263 e. The summed E-state index contributed by atoms with van der Waals surface area (Å²) < 4.78 is 5.19. The van der Waals surface area contributed by atoms with E-state index in [1.165, 1.54) is 11.3 Å². The van der Waals surface area contributed by atoms with Crippen LogP contribution in [0.5, 0.6) is 0 Å². The van der Waals surface area contributed by atoms with Gasteiger partial charge in [0.25, 0.3) is 5.91 Å². The van der Waals surface area contributed by atoms with Crippen LogP contribution in [0.15, 0.2) is 6.07 Å². The summed E-state index contributed by atoms with van der Waals surface area (Å²) in [5.74, 6) is -0.152. The molecule has 0 radical (unpaired) electrons. The van der Waals surface area contributed by atoms with E-state index in [-0.39, 0.29) is 5.91 Å². The second-order valence-electron chi connectivity index (χ2n) is 3.10. The molecule has 1 rings (SSSR count). The zero-order valence-electron chi connectivity index (χ0n) is 9.50. The fourth-order valence-corrected chi connectivity index (χ4v) is 2.13. The number of carbonyl (C=O) groups excluding carboxylic acids is 1. The highest BCUT2D eigenvalue weighted by molar-refractivity contribution is 7.18. The summed E-state index contributed by atoms with van der Waals surface area (Å²) in [5, 5.41) is 6.59. The van der Waals surface area contributed by atoms with E-state index in [1.807, 2.05) is 6.92 Å². The smallest absolute Gasteiger partial charge is 0.263 e. The average molecular weight is 243 g/mol. The van der Waals surface area contributed by atoms with Gasteiger partial charge in [0.2, 0.25) is 0 Å². The molecule has 6 heteroatoms. The lowest BCUT2D eigenvalue weighted by atomic mass is 10.4. The highest BCUT2D eigenvalue weighted by atomic mass is 32.1. The third-order valence-corrected chi connectivity index (χ3v) is 3.05. The van der Waals surface area contributed by atoms with Crippen LogP contribution in [0.4, 0.5) is 10.7 Å². The third-order valence-electron chi connectivity index (χ3n) is 1.94. The number of carbonyl (C=O) groups is 1. The van der Waals surface area contributed by atoms with Gasteiger partial charge in [-0.3, -0.25) is 4.79 Å². The molecule has 0 spiro atoms. The zero-order chi connectivity index (χ0) is 12.0. The minimum atomic E-state index is -0.152. The lowest BCUT2D eigenvalue weighted by Crippen LogP contribution is -2.17. The number of nitrogens with one attached hydrogen (secondary N) is 2. The quantitative estimate of drug-likeness (QED) is 0.655. The molecule has 1 amide bonds. The van der Waals surface area contributed by atoms with Crippen molar-refractivity contribution in [2.45, 2.75) is 6.92 Å². The van der Waals surface area contributed by atoms with Gasteiger partial charge in [-0.25, -0.2) is 0 Å². The Morgan fingerprint density at radius 3 is 3.00 bits per heavy atom. The Balaban J connectivity index is 2.52. The Bertz CT molecular complexity index is 352. The van der Waals surface area contributed by atoms with E-state index in [0.29, 0.717) is 30.3 Å². The molecule has 0 aliphatic carbocycles. The highest BCUT2D eigenvalue weighted by Crippen LogP contribution is 2.28. The molecule has 16 heavy (non-hydrogen) atoms. The molecule has 90 valence electrons. The van der Waals surface area contributed by atoms with Crippen molar-refractivity contribution in [1.82, 2.24) is 5.32 Å². The van der Waals surface area contributed by atoms with Crippen LogP contribution in [0.1, 0.15) is 16.6 Å². The van der Waals surface area contributed by atoms with Crippen molar-refractivity contribution in [1.29, 1.82) is 0 Å². The van der Waals surface area contributed by atoms with Crippen LogP contribution < -0.4 is 16.4 Å².